The number of carbonyl (C=O) groups excluding carboxylic acids is 1. The molecule has 1 amide bonds. The minimum absolute atomic E-state index is 0.0276. The van der Waals surface area contributed by atoms with Crippen molar-refractivity contribution in [3.63, 3.8) is 0 Å². The fourth-order valence-corrected chi connectivity index (χ4v) is 3.23. The van der Waals surface area contributed by atoms with E-state index >= 15 is 0 Å². The summed E-state index contributed by atoms with van der Waals surface area (Å²) in [7, 11) is 0. The number of benzene rings is 2. The normalized spacial score (nSPS) is 16.1. The highest BCUT2D eigenvalue weighted by atomic mass is 35.5. The van der Waals surface area contributed by atoms with Gasteiger partial charge in [0, 0.05) is 30.5 Å². The van der Waals surface area contributed by atoms with Gasteiger partial charge in [0.25, 0.3) is 0 Å². The predicted molar refractivity (Wildman–Crippen MR) is 91.8 cm³/mol. The molecule has 1 fully saturated rings. The molecule has 3 nitrogen and oxygen atoms in total. The third kappa shape index (κ3) is 3.92. The first-order valence-electron chi connectivity index (χ1n) is 7.90. The van der Waals surface area contributed by atoms with E-state index in [2.05, 4.69) is 12.1 Å². The highest BCUT2D eigenvalue weighted by Crippen LogP contribution is 2.33. The summed E-state index contributed by atoms with van der Waals surface area (Å²) in [6, 6.07) is 17.9. The Hall–Kier alpha value is -1.84. The summed E-state index contributed by atoms with van der Waals surface area (Å²) < 4.78 is 5.33. The van der Waals surface area contributed by atoms with Gasteiger partial charge in [-0.05, 0) is 17.2 Å². The molecule has 0 spiro atoms. The molecular weight excluding hydrogens is 310 g/mol. The van der Waals surface area contributed by atoms with E-state index in [1.54, 1.807) is 0 Å². The van der Waals surface area contributed by atoms with E-state index in [1.807, 2.05) is 47.4 Å². The smallest absolute Gasteiger partial charge is 0.223 e. The van der Waals surface area contributed by atoms with Crippen LogP contribution in [0, 0.1) is 0 Å². The second-order valence-corrected chi connectivity index (χ2v) is 6.09. The molecule has 1 atom stereocenters. The molecule has 0 N–H and O–H groups in total. The Balaban J connectivity index is 1.87. The number of amides is 1. The monoisotopic (exact) mass is 329 g/mol. The van der Waals surface area contributed by atoms with Crippen molar-refractivity contribution in [1.82, 2.24) is 4.90 Å². The van der Waals surface area contributed by atoms with E-state index in [-0.39, 0.29) is 11.8 Å². The van der Waals surface area contributed by atoms with Crippen molar-refractivity contribution in [3.8, 4) is 0 Å². The lowest BCUT2D eigenvalue weighted by atomic mass is 9.88. The van der Waals surface area contributed by atoms with Gasteiger partial charge in [0.2, 0.25) is 5.91 Å². The average molecular weight is 330 g/mol. The van der Waals surface area contributed by atoms with Crippen LogP contribution in [0.1, 0.15) is 23.5 Å². The Bertz CT molecular complexity index is 653. The van der Waals surface area contributed by atoms with Crippen molar-refractivity contribution in [1.29, 1.82) is 0 Å². The zero-order valence-electron chi connectivity index (χ0n) is 13.0. The van der Waals surface area contributed by atoms with Crippen molar-refractivity contribution < 1.29 is 9.53 Å². The molecule has 1 aliphatic rings. The molecule has 1 unspecified atom stereocenters. The standard InChI is InChI=1S/C19H20ClNO2/c20-18-9-5-4-8-16(18)17(15-6-2-1-3-7-15)14-19(22)21-10-12-23-13-11-21/h1-9,17H,10-14H2. The maximum atomic E-state index is 12.7. The van der Waals surface area contributed by atoms with E-state index in [1.165, 1.54) is 0 Å². The summed E-state index contributed by atoms with van der Waals surface area (Å²) >= 11 is 6.39. The van der Waals surface area contributed by atoms with Gasteiger partial charge in [0.05, 0.1) is 13.2 Å². The fraction of sp³-hybridized carbons (Fsp3) is 0.316. The maximum absolute atomic E-state index is 12.7. The molecule has 0 saturated carbocycles. The first-order chi connectivity index (χ1) is 11.3. The van der Waals surface area contributed by atoms with Crippen LogP contribution >= 0.6 is 11.6 Å². The highest BCUT2D eigenvalue weighted by molar-refractivity contribution is 6.31. The lowest BCUT2D eigenvalue weighted by molar-refractivity contribution is -0.135. The van der Waals surface area contributed by atoms with E-state index in [4.69, 9.17) is 16.3 Å². The van der Waals surface area contributed by atoms with Crippen LogP contribution in [-0.2, 0) is 9.53 Å². The number of nitrogens with zero attached hydrogens (tertiary/aromatic N) is 1. The topological polar surface area (TPSA) is 29.5 Å². The van der Waals surface area contributed by atoms with Crippen LogP contribution in [0.2, 0.25) is 5.02 Å². The van der Waals surface area contributed by atoms with Gasteiger partial charge >= 0.3 is 0 Å². The Labute approximate surface area is 141 Å². The van der Waals surface area contributed by atoms with Crippen molar-refractivity contribution in [2.75, 3.05) is 26.3 Å². The van der Waals surface area contributed by atoms with Crippen LogP contribution in [0.3, 0.4) is 0 Å². The molecule has 1 heterocycles. The summed E-state index contributed by atoms with van der Waals surface area (Å²) in [5.41, 5.74) is 2.11. The zero-order valence-corrected chi connectivity index (χ0v) is 13.7. The number of ether oxygens (including phenoxy) is 1. The van der Waals surface area contributed by atoms with Crippen molar-refractivity contribution in [2.45, 2.75) is 12.3 Å². The Morgan fingerprint density at radius 2 is 1.70 bits per heavy atom. The highest BCUT2D eigenvalue weighted by Gasteiger charge is 2.24. The van der Waals surface area contributed by atoms with Crippen LogP contribution in [0.4, 0.5) is 0 Å². The van der Waals surface area contributed by atoms with E-state index in [0.717, 1.165) is 11.1 Å². The maximum Gasteiger partial charge on any atom is 0.223 e. The van der Waals surface area contributed by atoms with Gasteiger partial charge in [0.1, 0.15) is 0 Å². The molecule has 0 bridgehead atoms. The molecule has 4 heteroatoms. The van der Waals surface area contributed by atoms with Gasteiger partial charge in [-0.2, -0.15) is 0 Å². The van der Waals surface area contributed by atoms with E-state index < -0.39 is 0 Å². The molecule has 0 radical (unpaired) electrons. The Morgan fingerprint density at radius 3 is 2.39 bits per heavy atom. The molecule has 3 rings (SSSR count). The number of morpholine rings is 1. The second-order valence-electron chi connectivity index (χ2n) is 5.68. The molecule has 120 valence electrons. The first kappa shape index (κ1) is 16.0. The lowest BCUT2D eigenvalue weighted by Gasteiger charge is -2.29. The summed E-state index contributed by atoms with van der Waals surface area (Å²) in [6.45, 7) is 2.58. The molecule has 1 aliphatic heterocycles. The molecule has 0 aromatic heterocycles. The van der Waals surface area contributed by atoms with Crippen molar-refractivity contribution in [2.24, 2.45) is 0 Å². The lowest BCUT2D eigenvalue weighted by Crippen LogP contribution is -2.41. The Kier molecular flexibility index (Phi) is 5.31. The number of halogens is 1. The predicted octanol–water partition coefficient (Wildman–Crippen LogP) is 3.72. The van der Waals surface area contributed by atoms with Crippen LogP contribution < -0.4 is 0 Å². The molecule has 0 aliphatic carbocycles. The quantitative estimate of drug-likeness (QED) is 0.855. The van der Waals surface area contributed by atoms with Gasteiger partial charge in [-0.1, -0.05) is 60.1 Å². The summed E-state index contributed by atoms with van der Waals surface area (Å²) in [5, 5.41) is 0.705. The minimum Gasteiger partial charge on any atom is -0.378 e. The third-order valence-corrected chi connectivity index (χ3v) is 4.57. The van der Waals surface area contributed by atoms with Crippen molar-refractivity contribution in [3.05, 3.63) is 70.7 Å². The largest absolute Gasteiger partial charge is 0.378 e. The number of hydrogen-bond donors (Lipinski definition) is 0. The van der Waals surface area contributed by atoms with Crippen LogP contribution in [0.25, 0.3) is 0 Å². The van der Waals surface area contributed by atoms with Gasteiger partial charge in [0.15, 0.2) is 0 Å². The summed E-state index contributed by atoms with van der Waals surface area (Å²) in [6.07, 6.45) is 0.424. The number of rotatable bonds is 4. The average Bonchev–Trinajstić information content (AvgIpc) is 2.62. The molecule has 1 saturated heterocycles. The first-order valence-corrected chi connectivity index (χ1v) is 8.28. The second kappa shape index (κ2) is 7.62. The number of carbonyl (C=O) groups is 1. The van der Waals surface area contributed by atoms with Gasteiger partial charge in [-0.25, -0.2) is 0 Å². The van der Waals surface area contributed by atoms with Crippen molar-refractivity contribution >= 4 is 17.5 Å². The zero-order chi connectivity index (χ0) is 16.1. The number of hydrogen-bond acceptors (Lipinski definition) is 2. The minimum atomic E-state index is -0.0276. The van der Waals surface area contributed by atoms with Crippen LogP contribution in [0.15, 0.2) is 54.6 Å². The summed E-state index contributed by atoms with van der Waals surface area (Å²) in [5.74, 6) is 0.127. The van der Waals surface area contributed by atoms with Gasteiger partial charge in [-0.3, -0.25) is 4.79 Å². The van der Waals surface area contributed by atoms with E-state index in [9.17, 15) is 4.79 Å². The molecular formula is C19H20ClNO2. The Morgan fingerprint density at radius 1 is 1.04 bits per heavy atom. The van der Waals surface area contributed by atoms with E-state index in [0.29, 0.717) is 37.7 Å². The SMILES string of the molecule is O=C(CC(c1ccccc1)c1ccccc1Cl)N1CCOCC1. The van der Waals surface area contributed by atoms with Crippen LogP contribution in [-0.4, -0.2) is 37.1 Å². The van der Waals surface area contributed by atoms with Crippen LogP contribution in [0.5, 0.6) is 0 Å². The summed E-state index contributed by atoms with van der Waals surface area (Å²) in [4.78, 5) is 14.6. The third-order valence-electron chi connectivity index (χ3n) is 4.23. The van der Waals surface area contributed by atoms with Gasteiger partial charge in [-0.15, -0.1) is 0 Å². The van der Waals surface area contributed by atoms with Gasteiger partial charge < -0.3 is 9.64 Å². The molecule has 2 aromatic carbocycles. The molecule has 23 heavy (non-hydrogen) atoms. The molecule has 2 aromatic rings. The fourth-order valence-electron chi connectivity index (χ4n) is 2.97.